The van der Waals surface area contributed by atoms with Crippen molar-refractivity contribution in [3.63, 3.8) is 0 Å². The summed E-state index contributed by atoms with van der Waals surface area (Å²) in [5.41, 5.74) is 5.29. The zero-order valence-electron chi connectivity index (χ0n) is 14.0. The van der Waals surface area contributed by atoms with E-state index in [-0.39, 0.29) is 6.61 Å². The molecule has 25 heavy (non-hydrogen) atoms. The van der Waals surface area contributed by atoms with Gasteiger partial charge in [0.15, 0.2) is 24.2 Å². The van der Waals surface area contributed by atoms with Gasteiger partial charge in [0.1, 0.15) is 0 Å². The Labute approximate surface area is 145 Å². The number of hydrogen-bond donors (Lipinski definition) is 2. The number of para-hydroxylation sites is 2. The molecule has 132 valence electrons. The van der Waals surface area contributed by atoms with Gasteiger partial charge >= 0.3 is 0 Å². The second-order valence-corrected chi connectivity index (χ2v) is 5.00. The van der Waals surface area contributed by atoms with Gasteiger partial charge in [0.25, 0.3) is 11.8 Å². The third-order valence-corrected chi connectivity index (χ3v) is 3.33. The van der Waals surface area contributed by atoms with E-state index in [2.05, 4.69) is 10.9 Å². The van der Waals surface area contributed by atoms with Gasteiger partial charge < -0.3 is 14.2 Å². The highest BCUT2D eigenvalue weighted by Gasteiger charge is 2.20. The largest absolute Gasteiger partial charge is 0.493 e. The van der Waals surface area contributed by atoms with Crippen molar-refractivity contribution in [3.05, 3.63) is 60.2 Å². The molecule has 0 unspecified atom stereocenters. The van der Waals surface area contributed by atoms with Crippen LogP contribution in [0.5, 0.6) is 11.5 Å². The molecule has 0 saturated carbocycles. The third-order valence-electron chi connectivity index (χ3n) is 3.33. The highest BCUT2D eigenvalue weighted by Crippen LogP contribution is 2.25. The van der Waals surface area contributed by atoms with Crippen molar-refractivity contribution < 1.29 is 23.8 Å². The van der Waals surface area contributed by atoms with Gasteiger partial charge in [-0.3, -0.25) is 20.4 Å². The highest BCUT2D eigenvalue weighted by atomic mass is 16.5. The summed E-state index contributed by atoms with van der Waals surface area (Å²) in [5.74, 6) is -0.0464. The molecule has 0 bridgehead atoms. The molecule has 0 radical (unpaired) electrons. The first kappa shape index (κ1) is 18.3. The Balaban J connectivity index is 1.84. The fourth-order valence-electron chi connectivity index (χ4n) is 2.14. The summed E-state index contributed by atoms with van der Waals surface area (Å²) < 4.78 is 15.7. The lowest BCUT2D eigenvalue weighted by Crippen LogP contribution is -2.46. The van der Waals surface area contributed by atoms with E-state index in [0.717, 1.165) is 0 Å². The van der Waals surface area contributed by atoms with E-state index in [4.69, 9.17) is 14.2 Å². The van der Waals surface area contributed by atoms with Crippen molar-refractivity contribution in [3.8, 4) is 11.5 Å². The first-order valence-electron chi connectivity index (χ1n) is 7.58. The van der Waals surface area contributed by atoms with Gasteiger partial charge in [0, 0.05) is 7.11 Å². The van der Waals surface area contributed by atoms with Gasteiger partial charge in [-0.15, -0.1) is 0 Å². The monoisotopic (exact) mass is 344 g/mol. The molecule has 0 aliphatic carbocycles. The number of amides is 2. The summed E-state index contributed by atoms with van der Waals surface area (Å²) >= 11 is 0. The van der Waals surface area contributed by atoms with Gasteiger partial charge in [0.05, 0.1) is 7.11 Å². The van der Waals surface area contributed by atoms with Crippen LogP contribution in [-0.4, -0.2) is 32.6 Å². The van der Waals surface area contributed by atoms with Gasteiger partial charge in [-0.25, -0.2) is 0 Å². The van der Waals surface area contributed by atoms with Crippen LogP contribution in [0.3, 0.4) is 0 Å². The zero-order valence-corrected chi connectivity index (χ0v) is 14.0. The summed E-state index contributed by atoms with van der Waals surface area (Å²) in [7, 11) is 2.93. The van der Waals surface area contributed by atoms with Crippen LogP contribution in [-0.2, 0) is 14.3 Å². The minimum absolute atomic E-state index is 0.274. The number of benzene rings is 2. The predicted octanol–water partition coefficient (Wildman–Crippen LogP) is 1.61. The average Bonchev–Trinajstić information content (AvgIpc) is 2.66. The van der Waals surface area contributed by atoms with E-state index in [9.17, 15) is 9.59 Å². The average molecular weight is 344 g/mol. The fraction of sp³-hybridized carbons (Fsp3) is 0.222. The number of rotatable bonds is 7. The molecule has 0 aromatic heterocycles. The van der Waals surface area contributed by atoms with Gasteiger partial charge in [0.2, 0.25) is 0 Å². The molecule has 2 amide bonds. The second-order valence-electron chi connectivity index (χ2n) is 5.00. The van der Waals surface area contributed by atoms with Crippen LogP contribution in [0.2, 0.25) is 0 Å². The van der Waals surface area contributed by atoms with E-state index >= 15 is 0 Å². The van der Waals surface area contributed by atoms with Crippen LogP contribution < -0.4 is 20.3 Å². The molecule has 7 heteroatoms. The zero-order chi connectivity index (χ0) is 18.1. The number of nitrogens with one attached hydrogen (secondary N) is 2. The Hall–Kier alpha value is -3.06. The van der Waals surface area contributed by atoms with Gasteiger partial charge in [-0.05, 0) is 17.7 Å². The van der Waals surface area contributed by atoms with Crippen LogP contribution in [0, 0.1) is 0 Å². The highest BCUT2D eigenvalue weighted by molar-refractivity contribution is 5.86. The molecule has 2 aromatic carbocycles. The SMILES string of the molecule is COc1ccccc1OCC(=O)NNC(=O)[C@@H](OC)c1ccccc1. The fourth-order valence-corrected chi connectivity index (χ4v) is 2.14. The number of methoxy groups -OCH3 is 2. The van der Waals surface area contributed by atoms with Crippen LogP contribution in [0.15, 0.2) is 54.6 Å². The molecule has 2 aromatic rings. The van der Waals surface area contributed by atoms with E-state index in [0.29, 0.717) is 17.1 Å². The molecule has 2 N–H and O–H groups in total. The number of hydrazine groups is 1. The molecule has 2 rings (SSSR count). The Morgan fingerprint density at radius 1 is 0.920 bits per heavy atom. The maximum Gasteiger partial charge on any atom is 0.276 e. The first-order chi connectivity index (χ1) is 12.2. The molecular formula is C18H20N2O5. The number of carbonyl (C=O) groups is 2. The number of carbonyl (C=O) groups excluding carboxylic acids is 2. The second kappa shape index (κ2) is 9.29. The summed E-state index contributed by atoms with van der Waals surface area (Å²) in [6.45, 7) is -0.274. The minimum atomic E-state index is -0.823. The van der Waals surface area contributed by atoms with E-state index in [1.807, 2.05) is 6.07 Å². The molecule has 0 saturated heterocycles. The number of ether oxygens (including phenoxy) is 3. The van der Waals surface area contributed by atoms with Crippen molar-refractivity contribution in [2.45, 2.75) is 6.10 Å². The van der Waals surface area contributed by atoms with Gasteiger partial charge in [-0.1, -0.05) is 42.5 Å². The van der Waals surface area contributed by atoms with E-state index in [1.54, 1.807) is 48.5 Å². The smallest absolute Gasteiger partial charge is 0.276 e. The lowest BCUT2D eigenvalue weighted by molar-refractivity contribution is -0.136. The quantitative estimate of drug-likeness (QED) is 0.745. The van der Waals surface area contributed by atoms with E-state index in [1.165, 1.54) is 14.2 Å². The van der Waals surface area contributed by atoms with Gasteiger partial charge in [-0.2, -0.15) is 0 Å². The molecular weight excluding hydrogens is 324 g/mol. The van der Waals surface area contributed by atoms with Crippen LogP contribution in [0.4, 0.5) is 0 Å². The lowest BCUT2D eigenvalue weighted by atomic mass is 10.1. The maximum atomic E-state index is 12.1. The van der Waals surface area contributed by atoms with Crippen molar-refractivity contribution in [2.75, 3.05) is 20.8 Å². The molecule has 1 atom stereocenters. The Bertz CT molecular complexity index is 706. The minimum Gasteiger partial charge on any atom is -0.493 e. The predicted molar refractivity (Wildman–Crippen MR) is 91.0 cm³/mol. The number of hydrogen-bond acceptors (Lipinski definition) is 5. The third kappa shape index (κ3) is 5.22. The molecule has 0 fully saturated rings. The van der Waals surface area contributed by atoms with Crippen LogP contribution in [0.25, 0.3) is 0 Å². The van der Waals surface area contributed by atoms with Crippen LogP contribution >= 0.6 is 0 Å². The first-order valence-corrected chi connectivity index (χ1v) is 7.58. The summed E-state index contributed by atoms with van der Waals surface area (Å²) in [4.78, 5) is 24.0. The van der Waals surface area contributed by atoms with Crippen molar-refractivity contribution in [1.29, 1.82) is 0 Å². The molecule has 7 nitrogen and oxygen atoms in total. The van der Waals surface area contributed by atoms with E-state index < -0.39 is 17.9 Å². The topological polar surface area (TPSA) is 85.9 Å². The summed E-state index contributed by atoms with van der Waals surface area (Å²) in [6.07, 6.45) is -0.823. The van der Waals surface area contributed by atoms with Crippen LogP contribution in [0.1, 0.15) is 11.7 Å². The lowest BCUT2D eigenvalue weighted by Gasteiger charge is -2.16. The molecule has 0 heterocycles. The standard InChI is InChI=1S/C18H20N2O5/c1-23-14-10-6-7-11-15(14)25-12-16(21)19-20-18(22)17(24-2)13-8-4-3-5-9-13/h3-11,17H,12H2,1-2H3,(H,19,21)(H,20,22)/t17-/m0/s1. The van der Waals surface area contributed by atoms with Crippen molar-refractivity contribution in [2.24, 2.45) is 0 Å². The summed E-state index contributed by atoms with van der Waals surface area (Å²) in [6, 6.07) is 15.9. The molecule has 0 aliphatic rings. The normalized spacial score (nSPS) is 11.3. The van der Waals surface area contributed by atoms with Crippen molar-refractivity contribution in [1.82, 2.24) is 10.9 Å². The Kier molecular flexibility index (Phi) is 6.79. The maximum absolute atomic E-state index is 12.1. The Morgan fingerprint density at radius 3 is 2.20 bits per heavy atom. The summed E-state index contributed by atoms with van der Waals surface area (Å²) in [5, 5.41) is 0. The molecule has 0 aliphatic heterocycles. The van der Waals surface area contributed by atoms with Crippen molar-refractivity contribution >= 4 is 11.8 Å². The Morgan fingerprint density at radius 2 is 1.56 bits per heavy atom. The molecule has 0 spiro atoms.